The molecule has 1 aliphatic carbocycles. The van der Waals surface area contributed by atoms with Crippen LogP contribution in [0.15, 0.2) is 0 Å². The summed E-state index contributed by atoms with van der Waals surface area (Å²) >= 11 is 0. The molecular formula is C8H6F6O4S. The molecule has 1 saturated carbocycles. The summed E-state index contributed by atoms with van der Waals surface area (Å²) in [5, 5.41) is -0.997. The van der Waals surface area contributed by atoms with Crippen molar-refractivity contribution in [2.75, 3.05) is 6.61 Å². The van der Waals surface area contributed by atoms with Gasteiger partial charge in [-0.2, -0.15) is 26.3 Å². The van der Waals surface area contributed by atoms with Crippen molar-refractivity contribution in [2.45, 2.75) is 28.8 Å². The van der Waals surface area contributed by atoms with Crippen molar-refractivity contribution >= 4 is 15.8 Å². The molecule has 1 saturated heterocycles. The first kappa shape index (κ1) is 14.4. The van der Waals surface area contributed by atoms with Crippen molar-refractivity contribution in [1.82, 2.24) is 0 Å². The molecule has 19 heavy (non-hydrogen) atoms. The molecule has 2 atom stereocenters. The van der Waals surface area contributed by atoms with E-state index in [0.29, 0.717) is 0 Å². The minimum absolute atomic E-state index is 0.100. The predicted octanol–water partition coefficient (Wildman–Crippen LogP) is 1.21. The fraction of sp³-hybridized carbons (Fsp3) is 0.875. The minimum atomic E-state index is -5.62. The van der Waals surface area contributed by atoms with Crippen LogP contribution in [0.3, 0.4) is 0 Å². The molecule has 0 bridgehead atoms. The highest BCUT2D eigenvalue weighted by Gasteiger charge is 2.92. The van der Waals surface area contributed by atoms with Gasteiger partial charge in [0.2, 0.25) is 0 Å². The van der Waals surface area contributed by atoms with E-state index in [-0.39, 0.29) is 6.42 Å². The average Bonchev–Trinajstić information content (AvgIpc) is 2.99. The van der Waals surface area contributed by atoms with Gasteiger partial charge in [-0.15, -0.1) is 0 Å². The Hall–Kier alpha value is -1.00. The number of hydrogen-bond donors (Lipinski definition) is 0. The molecule has 110 valence electrons. The molecule has 0 aromatic heterocycles. The third kappa shape index (κ3) is 1.98. The van der Waals surface area contributed by atoms with Crippen molar-refractivity contribution < 1.29 is 44.3 Å². The normalized spacial score (nSPS) is 31.8. The topological polar surface area (TPSA) is 60.4 Å². The molecule has 4 nitrogen and oxygen atoms in total. The first-order valence-electron chi connectivity index (χ1n) is 4.89. The number of rotatable bonds is 3. The van der Waals surface area contributed by atoms with Crippen LogP contribution in [0, 0.1) is 5.92 Å². The van der Waals surface area contributed by atoms with Crippen LogP contribution in [-0.4, -0.2) is 43.3 Å². The molecule has 2 fully saturated rings. The number of fused-ring (bicyclic) bond motifs is 1. The van der Waals surface area contributed by atoms with E-state index in [1.54, 1.807) is 0 Å². The highest BCUT2D eigenvalue weighted by molar-refractivity contribution is 8.04. The summed E-state index contributed by atoms with van der Waals surface area (Å²) < 4.78 is 96.7. The Morgan fingerprint density at radius 3 is 1.89 bits per heavy atom. The standard InChI is InChI=1S/C8H6F6O4S/c9-7(10,11)3(8(12,13)14)2-18-5(15)6-1-4(6)19(6,16)17/h3-4H,1-2H2. The number of carbonyl (C=O) groups excluding carboxylic acids is 1. The van der Waals surface area contributed by atoms with Gasteiger partial charge < -0.3 is 4.74 Å². The van der Waals surface area contributed by atoms with Gasteiger partial charge in [-0.3, -0.25) is 4.79 Å². The van der Waals surface area contributed by atoms with Crippen LogP contribution in [0.5, 0.6) is 0 Å². The van der Waals surface area contributed by atoms with Gasteiger partial charge in [0, 0.05) is 0 Å². The Labute approximate surface area is 102 Å². The SMILES string of the molecule is O=C(OCC(C(F)(F)F)C(F)(F)F)C12CC1S2(=O)=O. The summed E-state index contributed by atoms with van der Waals surface area (Å²) in [6, 6.07) is 0. The molecular weight excluding hydrogens is 306 g/mol. The second kappa shape index (κ2) is 3.55. The third-order valence-electron chi connectivity index (χ3n) is 3.19. The Bertz CT molecular complexity index is 506. The number of hydrogen-bond acceptors (Lipinski definition) is 4. The fourth-order valence-electron chi connectivity index (χ4n) is 1.77. The van der Waals surface area contributed by atoms with Crippen LogP contribution in [0.1, 0.15) is 6.42 Å². The van der Waals surface area contributed by atoms with Gasteiger partial charge in [0.05, 0.1) is 5.25 Å². The fourth-order valence-corrected chi connectivity index (χ4v) is 3.87. The van der Waals surface area contributed by atoms with Crippen molar-refractivity contribution in [1.29, 1.82) is 0 Å². The van der Waals surface area contributed by atoms with E-state index < -0.39 is 50.7 Å². The van der Waals surface area contributed by atoms with E-state index in [1.807, 2.05) is 0 Å². The lowest BCUT2D eigenvalue weighted by Gasteiger charge is -2.22. The van der Waals surface area contributed by atoms with E-state index in [9.17, 15) is 39.6 Å². The maximum Gasteiger partial charge on any atom is 0.403 e. The Kier molecular flexibility index (Phi) is 2.69. The van der Waals surface area contributed by atoms with Gasteiger partial charge in [0.25, 0.3) is 0 Å². The number of carbonyl (C=O) groups is 1. The van der Waals surface area contributed by atoms with Gasteiger partial charge in [-0.25, -0.2) is 8.42 Å². The van der Waals surface area contributed by atoms with Crippen molar-refractivity contribution in [2.24, 2.45) is 5.92 Å². The monoisotopic (exact) mass is 312 g/mol. The van der Waals surface area contributed by atoms with Crippen LogP contribution < -0.4 is 0 Å². The molecule has 0 aromatic rings. The number of sulfone groups is 1. The molecule has 2 aliphatic rings. The average molecular weight is 312 g/mol. The van der Waals surface area contributed by atoms with Crippen LogP contribution in [-0.2, 0) is 19.4 Å². The van der Waals surface area contributed by atoms with E-state index in [4.69, 9.17) is 0 Å². The molecule has 2 rings (SSSR count). The molecule has 2 unspecified atom stereocenters. The van der Waals surface area contributed by atoms with Crippen LogP contribution in [0.2, 0.25) is 0 Å². The highest BCUT2D eigenvalue weighted by Crippen LogP contribution is 2.67. The number of alkyl halides is 6. The quantitative estimate of drug-likeness (QED) is 0.446. The number of ether oxygens (including phenoxy) is 1. The van der Waals surface area contributed by atoms with Crippen LogP contribution in [0.4, 0.5) is 26.3 Å². The van der Waals surface area contributed by atoms with Crippen LogP contribution >= 0.6 is 0 Å². The second-order valence-corrected chi connectivity index (χ2v) is 6.75. The molecule has 1 heterocycles. The molecule has 11 heteroatoms. The maximum atomic E-state index is 12.1. The smallest absolute Gasteiger partial charge is 0.403 e. The van der Waals surface area contributed by atoms with Gasteiger partial charge in [-0.05, 0) is 6.42 Å². The minimum Gasteiger partial charge on any atom is -0.463 e. The Balaban J connectivity index is 2.00. The van der Waals surface area contributed by atoms with E-state index >= 15 is 0 Å². The molecule has 0 spiro atoms. The van der Waals surface area contributed by atoms with Crippen LogP contribution in [0.25, 0.3) is 0 Å². The lowest BCUT2D eigenvalue weighted by atomic mass is 10.1. The van der Waals surface area contributed by atoms with Gasteiger partial charge in [-0.1, -0.05) is 0 Å². The molecule has 1 aliphatic heterocycles. The van der Waals surface area contributed by atoms with Crippen molar-refractivity contribution in [3.8, 4) is 0 Å². The third-order valence-corrected chi connectivity index (χ3v) is 5.89. The van der Waals surface area contributed by atoms with Gasteiger partial charge in [0.1, 0.15) is 6.61 Å². The Morgan fingerprint density at radius 1 is 1.21 bits per heavy atom. The first-order chi connectivity index (χ1) is 8.35. The summed E-state index contributed by atoms with van der Waals surface area (Å²) in [4.78, 5) is 11.2. The second-order valence-electron chi connectivity index (χ2n) is 4.36. The zero-order chi connectivity index (χ0) is 14.9. The summed E-state index contributed by atoms with van der Waals surface area (Å²) in [6.45, 7) is -1.96. The summed E-state index contributed by atoms with van der Waals surface area (Å²) in [7, 11) is -3.71. The number of esters is 1. The highest BCUT2D eigenvalue weighted by atomic mass is 32.2. The molecule has 0 aromatic carbocycles. The predicted molar refractivity (Wildman–Crippen MR) is 46.6 cm³/mol. The summed E-state index contributed by atoms with van der Waals surface area (Å²) in [5.74, 6) is -5.35. The zero-order valence-electron chi connectivity index (χ0n) is 8.88. The van der Waals surface area contributed by atoms with E-state index in [0.717, 1.165) is 0 Å². The Morgan fingerprint density at radius 2 is 1.63 bits per heavy atom. The summed E-state index contributed by atoms with van der Waals surface area (Å²) in [5.41, 5.74) is 0. The zero-order valence-corrected chi connectivity index (χ0v) is 9.69. The largest absolute Gasteiger partial charge is 0.463 e. The summed E-state index contributed by atoms with van der Waals surface area (Å²) in [6.07, 6.45) is -11.3. The van der Waals surface area contributed by atoms with Crippen molar-refractivity contribution in [3.05, 3.63) is 0 Å². The molecule has 0 N–H and O–H groups in total. The lowest BCUT2D eigenvalue weighted by Crippen LogP contribution is -2.41. The van der Waals surface area contributed by atoms with Crippen molar-refractivity contribution in [3.63, 3.8) is 0 Å². The number of halogens is 6. The van der Waals surface area contributed by atoms with Gasteiger partial charge >= 0.3 is 18.3 Å². The lowest BCUT2D eigenvalue weighted by molar-refractivity contribution is -0.292. The maximum absolute atomic E-state index is 12.1. The van der Waals surface area contributed by atoms with E-state index in [1.165, 1.54) is 0 Å². The molecule has 0 radical (unpaired) electrons. The van der Waals surface area contributed by atoms with E-state index in [2.05, 4.69) is 4.74 Å². The van der Waals surface area contributed by atoms with Gasteiger partial charge in [0.15, 0.2) is 20.5 Å². The first-order valence-corrected chi connectivity index (χ1v) is 6.44. The molecule has 0 amide bonds.